The summed E-state index contributed by atoms with van der Waals surface area (Å²) in [4.78, 5) is 72.1. The third-order valence-electron chi connectivity index (χ3n) is 13.7. The van der Waals surface area contributed by atoms with Crippen LogP contribution >= 0.6 is 0 Å². The van der Waals surface area contributed by atoms with E-state index < -0.39 is 70.2 Å². The van der Waals surface area contributed by atoms with Gasteiger partial charge in [-0.1, -0.05) is 66.4 Å². The van der Waals surface area contributed by atoms with Gasteiger partial charge in [-0.2, -0.15) is 0 Å². The smallest absolute Gasteiger partial charge is 0.408 e. The first-order valence-corrected chi connectivity index (χ1v) is 21.8. The Balaban J connectivity index is 1.41. The molecule has 5 amide bonds. The van der Waals surface area contributed by atoms with Gasteiger partial charge in [0.15, 0.2) is 11.2 Å². The molecule has 3 aliphatic carbocycles. The molecule has 2 aliphatic heterocycles. The molecule has 6 atom stereocenters. The number of fused-ring (bicyclic) bond motifs is 1. The monoisotopic (exact) mass is 788 g/mol. The largest absolute Gasteiger partial charge is 0.444 e. The topological polar surface area (TPSA) is 166 Å². The lowest BCUT2D eigenvalue weighted by Gasteiger charge is -2.38. The first kappa shape index (κ1) is 43.1. The molecule has 0 aromatic rings. The van der Waals surface area contributed by atoms with Crippen LogP contribution < -0.4 is 20.7 Å². The maximum atomic E-state index is 15.1. The van der Waals surface area contributed by atoms with E-state index in [1.54, 1.807) is 36.1 Å². The number of carbonyl (C=O) groups excluding carboxylic acids is 5. The van der Waals surface area contributed by atoms with Crippen LogP contribution in [0.3, 0.4) is 0 Å². The van der Waals surface area contributed by atoms with Gasteiger partial charge in [0.1, 0.15) is 29.8 Å². The van der Waals surface area contributed by atoms with E-state index in [1.165, 1.54) is 0 Å². The Morgan fingerprint density at radius 1 is 0.873 bits per heavy atom. The predicted octanol–water partition coefficient (Wildman–Crippen LogP) is 5.03. The Morgan fingerprint density at radius 2 is 1.51 bits per heavy atom. The Kier molecular flexibility index (Phi) is 12.9. The first-order chi connectivity index (χ1) is 25.7. The summed E-state index contributed by atoms with van der Waals surface area (Å²) in [5.74, 6) is -1.91. The molecule has 5 rings (SSSR count). The van der Waals surface area contributed by atoms with E-state index in [9.17, 15) is 23.4 Å². The molecule has 55 heavy (non-hydrogen) atoms. The predicted molar refractivity (Wildman–Crippen MR) is 212 cm³/mol. The van der Waals surface area contributed by atoms with Gasteiger partial charge in [-0.25, -0.2) is 13.3 Å². The molecular weight excluding hydrogens is 721 g/mol. The van der Waals surface area contributed by atoms with Crippen molar-refractivity contribution in [3.63, 3.8) is 0 Å². The van der Waals surface area contributed by atoms with Crippen molar-refractivity contribution in [3.8, 4) is 0 Å². The van der Waals surface area contributed by atoms with E-state index in [2.05, 4.69) is 41.1 Å². The van der Waals surface area contributed by atoms with Crippen molar-refractivity contribution in [1.29, 1.82) is 0 Å². The van der Waals surface area contributed by atoms with Crippen molar-refractivity contribution in [1.82, 2.24) is 29.9 Å². The Labute approximate surface area is 331 Å². The van der Waals surface area contributed by atoms with E-state index in [4.69, 9.17) is 4.74 Å². The van der Waals surface area contributed by atoms with E-state index >= 15 is 4.79 Å². The molecular formula is C41H68N6O7S. The highest BCUT2D eigenvalue weighted by atomic mass is 32.2. The van der Waals surface area contributed by atoms with Crippen LogP contribution in [0, 0.1) is 27.6 Å². The Morgan fingerprint density at radius 3 is 2.04 bits per heavy atom. The standard InChI is InChI=1S/C41H68N6O7S/c1-10-11-20-28(32(48)45-55(53)46-23-15-16-24-46)42-33(49)29-25-41(39(8,9)40(41)21-17-22-40)26-47(29)35(51)31(37(2,3)4)44-34(50)30(27-18-13-12-14-19-27)43-36(52)54-38(5,6)7/h10,27-31H,1,11-26H2,2-9H3,(H,42,49)(H,43,52)(H,44,50)(H,45,48). The average Bonchev–Trinajstić information content (AvgIpc) is 3.57. The fourth-order valence-electron chi connectivity index (χ4n) is 10.3. The number of allylic oxidation sites excluding steroid dienone is 1. The van der Waals surface area contributed by atoms with Gasteiger partial charge in [0.25, 0.3) is 5.91 Å². The summed E-state index contributed by atoms with van der Waals surface area (Å²) < 4.78 is 22.8. The van der Waals surface area contributed by atoms with Gasteiger partial charge in [0, 0.05) is 25.0 Å². The highest BCUT2D eigenvalue weighted by Crippen LogP contribution is 2.88. The summed E-state index contributed by atoms with van der Waals surface area (Å²) in [6, 6.07) is -3.78. The van der Waals surface area contributed by atoms with Crippen molar-refractivity contribution in [2.24, 2.45) is 27.6 Å². The molecule has 4 N–H and O–H groups in total. The molecule has 14 heteroatoms. The van der Waals surface area contributed by atoms with Crippen LogP contribution in [0.4, 0.5) is 4.79 Å². The molecule has 0 aromatic carbocycles. The average molecular weight is 789 g/mol. The van der Waals surface area contributed by atoms with E-state index in [-0.39, 0.29) is 34.5 Å². The number of ether oxygens (including phenoxy) is 1. The van der Waals surface area contributed by atoms with Crippen molar-refractivity contribution in [2.75, 3.05) is 19.6 Å². The Bertz CT molecular complexity index is 1500. The number of hydrogen-bond acceptors (Lipinski definition) is 7. The fourth-order valence-corrected chi connectivity index (χ4v) is 11.3. The van der Waals surface area contributed by atoms with E-state index in [0.717, 1.165) is 64.2 Å². The van der Waals surface area contributed by atoms with Crippen LogP contribution in [-0.2, 0) is 35.1 Å². The number of hydrogen-bond donors (Lipinski definition) is 4. The normalized spacial score (nSPS) is 27.0. The number of nitrogens with one attached hydrogen (secondary N) is 4. The van der Waals surface area contributed by atoms with Gasteiger partial charge >= 0.3 is 6.09 Å². The van der Waals surface area contributed by atoms with Crippen LogP contribution in [0.2, 0.25) is 0 Å². The van der Waals surface area contributed by atoms with Crippen LogP contribution in [-0.4, -0.2) is 92.5 Å². The zero-order valence-electron chi connectivity index (χ0n) is 34.6. The fraction of sp³-hybridized carbons (Fsp3) is 0.829. The molecule has 2 heterocycles. The minimum Gasteiger partial charge on any atom is -0.444 e. The molecule has 0 aromatic heterocycles. The molecule has 310 valence electrons. The minimum atomic E-state index is -1.72. The number of amides is 5. The molecule has 13 nitrogen and oxygen atoms in total. The molecule has 2 spiro atoms. The second kappa shape index (κ2) is 16.5. The van der Waals surface area contributed by atoms with Crippen molar-refractivity contribution in [3.05, 3.63) is 12.7 Å². The second-order valence-corrected chi connectivity index (χ2v) is 20.7. The number of alkyl carbamates (subject to hydrolysis) is 1. The molecule has 6 unspecified atom stereocenters. The molecule has 5 aliphatic rings. The maximum Gasteiger partial charge on any atom is 0.408 e. The molecule has 0 bridgehead atoms. The number of nitrogens with zero attached hydrogens (tertiary/aromatic N) is 2. The number of carbonyl (C=O) groups is 5. The van der Waals surface area contributed by atoms with Crippen LogP contribution in [0.1, 0.15) is 139 Å². The zero-order chi connectivity index (χ0) is 40.6. The lowest BCUT2D eigenvalue weighted by atomic mass is 9.73. The van der Waals surface area contributed by atoms with Gasteiger partial charge in [-0.05, 0) is 101 Å². The van der Waals surface area contributed by atoms with Crippen LogP contribution in [0.5, 0.6) is 0 Å². The van der Waals surface area contributed by atoms with Crippen LogP contribution in [0.25, 0.3) is 0 Å². The summed E-state index contributed by atoms with van der Waals surface area (Å²) in [6.45, 7) is 20.9. The lowest BCUT2D eigenvalue weighted by molar-refractivity contribution is -0.145. The molecule has 0 radical (unpaired) electrons. The van der Waals surface area contributed by atoms with Gasteiger partial charge in [-0.3, -0.25) is 23.9 Å². The maximum absolute atomic E-state index is 15.1. The summed E-state index contributed by atoms with van der Waals surface area (Å²) in [7, 11) is 0. The highest BCUT2D eigenvalue weighted by molar-refractivity contribution is 7.81. The summed E-state index contributed by atoms with van der Waals surface area (Å²) >= 11 is -1.72. The third kappa shape index (κ3) is 8.79. The lowest BCUT2D eigenvalue weighted by Crippen LogP contribution is -2.62. The zero-order valence-corrected chi connectivity index (χ0v) is 35.5. The number of likely N-dealkylation sites (tertiary alicyclic amines) is 1. The number of rotatable bonds is 13. The summed E-state index contributed by atoms with van der Waals surface area (Å²) in [5.41, 5.74) is -1.90. The first-order valence-electron chi connectivity index (χ1n) is 20.7. The van der Waals surface area contributed by atoms with Gasteiger partial charge in [0.2, 0.25) is 17.7 Å². The summed E-state index contributed by atoms with van der Waals surface area (Å²) in [5, 5.41) is 8.86. The minimum absolute atomic E-state index is 0.0176. The molecule has 5 fully saturated rings. The second-order valence-electron chi connectivity index (χ2n) is 19.4. The highest BCUT2D eigenvalue weighted by Gasteiger charge is 2.85. The van der Waals surface area contributed by atoms with Crippen LogP contribution in [0.15, 0.2) is 12.7 Å². The van der Waals surface area contributed by atoms with E-state index in [1.807, 2.05) is 20.8 Å². The third-order valence-corrected chi connectivity index (χ3v) is 14.9. The SMILES string of the molecule is C=CCCC(NC(=O)C1CC2(CN1C(=O)C(NC(=O)C(NC(=O)OC(C)(C)C)C1CCCCC1)C(C)(C)C)C(C)(C)C21CCC1)C(=O)NS(=O)N1CCCC1. The molecule has 2 saturated heterocycles. The van der Waals surface area contributed by atoms with Gasteiger partial charge in [-0.15, -0.1) is 6.58 Å². The van der Waals surface area contributed by atoms with Crippen molar-refractivity contribution >= 4 is 40.9 Å². The van der Waals surface area contributed by atoms with Crippen molar-refractivity contribution < 1.29 is 32.9 Å². The van der Waals surface area contributed by atoms with Gasteiger partial charge in [0.05, 0.1) is 0 Å². The summed E-state index contributed by atoms with van der Waals surface area (Å²) in [6.07, 6.45) is 11.6. The van der Waals surface area contributed by atoms with Gasteiger partial charge < -0.3 is 25.6 Å². The van der Waals surface area contributed by atoms with Crippen molar-refractivity contribution in [2.45, 2.75) is 169 Å². The Hall–Kier alpha value is -3.00. The van der Waals surface area contributed by atoms with E-state index in [0.29, 0.717) is 32.5 Å². The molecule has 3 saturated carbocycles. The quantitative estimate of drug-likeness (QED) is 0.190.